The number of hydrogen-bond donors (Lipinski definition) is 2. The molecule has 15 nitrogen and oxygen atoms in total. The summed E-state index contributed by atoms with van der Waals surface area (Å²) >= 11 is 5.38. The van der Waals surface area contributed by atoms with Gasteiger partial charge >= 0.3 is 5.97 Å². The van der Waals surface area contributed by atoms with Crippen LogP contribution in [0.3, 0.4) is 0 Å². The molecular formula is C28H62ClFO15. The van der Waals surface area contributed by atoms with Gasteiger partial charge in [0.15, 0.2) is 0 Å². The number of hydrogen-bond acceptors (Lipinski definition) is 14. The van der Waals surface area contributed by atoms with Crippen molar-refractivity contribution in [2.24, 2.45) is 0 Å². The number of aliphatic hydroxyl groups excluding tert-OH is 1. The predicted octanol–water partition coefficient (Wildman–Crippen LogP) is 1.73. The van der Waals surface area contributed by atoms with E-state index in [0.717, 1.165) is 14.0 Å². The Labute approximate surface area is 276 Å². The molecule has 0 saturated carbocycles. The summed E-state index contributed by atoms with van der Waals surface area (Å²) in [6.45, 7) is 12.2. The molecule has 0 aliphatic heterocycles. The number of carboxylic acids is 1. The molecule has 0 bridgehead atoms. The summed E-state index contributed by atoms with van der Waals surface area (Å²) in [7, 11) is 6.57. The summed E-state index contributed by atoms with van der Waals surface area (Å²) in [6.07, 6.45) is 0. The maximum absolute atomic E-state index is 10.3. The van der Waals surface area contributed by atoms with Crippen LogP contribution in [-0.2, 0) is 61.7 Å². The molecule has 0 radical (unpaired) electrons. The van der Waals surface area contributed by atoms with Gasteiger partial charge in [-0.3, -0.25) is 14.0 Å². The molecule has 45 heavy (non-hydrogen) atoms. The minimum Gasteiger partial charge on any atom is -0.481 e. The molecule has 0 aromatic carbocycles. The van der Waals surface area contributed by atoms with E-state index in [4.69, 9.17) is 75.3 Å². The third-order valence-corrected chi connectivity index (χ3v) is 3.75. The van der Waals surface area contributed by atoms with Gasteiger partial charge in [-0.05, 0) is 0 Å². The molecule has 0 aliphatic carbocycles. The Kier molecular flexibility index (Phi) is 77.3. The van der Waals surface area contributed by atoms with Gasteiger partial charge < -0.3 is 62.3 Å². The Hall–Kier alpha value is -1.28. The smallest absolute Gasteiger partial charge is 0.302 e. The van der Waals surface area contributed by atoms with E-state index in [2.05, 4.69) is 4.74 Å². The number of carboxylic acid groups (broad SMARTS) is 1. The highest BCUT2D eigenvalue weighted by atomic mass is 35.5. The normalized spacial score (nSPS) is 9.60. The number of methoxy groups -OCH3 is 4. The zero-order valence-corrected chi connectivity index (χ0v) is 29.1. The molecule has 17 heteroatoms. The van der Waals surface area contributed by atoms with E-state index in [1.807, 2.05) is 0 Å². The number of aliphatic carboxylic acids is 1. The van der Waals surface area contributed by atoms with Crippen LogP contribution < -0.4 is 0 Å². The van der Waals surface area contributed by atoms with E-state index >= 15 is 0 Å². The monoisotopic (exact) mass is 693 g/mol. The first-order valence-corrected chi connectivity index (χ1v) is 14.4. The molecule has 0 fully saturated rings. The van der Waals surface area contributed by atoms with Gasteiger partial charge in [-0.2, -0.15) is 0 Å². The van der Waals surface area contributed by atoms with Crippen molar-refractivity contribution in [3.05, 3.63) is 0 Å². The Morgan fingerprint density at radius 3 is 0.956 bits per heavy atom. The molecule has 0 aromatic rings. The third-order valence-electron chi connectivity index (χ3n) is 3.60. The lowest BCUT2D eigenvalue weighted by Crippen LogP contribution is -2.12. The van der Waals surface area contributed by atoms with Crippen LogP contribution in [0.15, 0.2) is 0 Å². The van der Waals surface area contributed by atoms with Crippen LogP contribution in [-0.4, -0.2) is 183 Å². The molecule has 0 amide bonds. The van der Waals surface area contributed by atoms with E-state index in [-0.39, 0.29) is 5.97 Å². The summed E-state index contributed by atoms with van der Waals surface area (Å²) < 4.78 is 70.1. The largest absolute Gasteiger partial charge is 0.481 e. The first-order valence-electron chi connectivity index (χ1n) is 14.6. The summed E-state index contributed by atoms with van der Waals surface area (Å²) in [5.74, 6) is -0.581. The van der Waals surface area contributed by atoms with Crippen molar-refractivity contribution < 1.29 is 77.7 Å². The van der Waals surface area contributed by atoms with Gasteiger partial charge in [-0.15, -0.1) is 11.6 Å². The second-order valence-electron chi connectivity index (χ2n) is 7.19. The molecule has 0 aliphatic rings. The van der Waals surface area contributed by atoms with Crippen molar-refractivity contribution in [3.8, 4) is 0 Å². The number of aliphatic hydroxyl groups is 1. The summed E-state index contributed by atoms with van der Waals surface area (Å²) in [6, 6.07) is 0. The van der Waals surface area contributed by atoms with E-state index in [1.165, 1.54) is 6.92 Å². The lowest BCUT2D eigenvalue weighted by atomic mass is 10.7. The molecular weight excluding hydrogens is 631 g/mol. The lowest BCUT2D eigenvalue weighted by molar-refractivity contribution is -0.142. The van der Waals surface area contributed by atoms with Crippen LogP contribution >= 0.6 is 11.6 Å². The number of rotatable bonds is 26. The summed E-state index contributed by atoms with van der Waals surface area (Å²) in [5, 5.41) is 14.4. The number of carbonyl (C=O) groups is 2. The topological polar surface area (TPSA) is 176 Å². The third kappa shape index (κ3) is 99.2. The van der Waals surface area contributed by atoms with Crippen LogP contribution in [0.2, 0.25) is 0 Å². The van der Waals surface area contributed by atoms with Crippen molar-refractivity contribution in [2.45, 2.75) is 13.8 Å². The number of alkyl halides is 2. The fourth-order valence-corrected chi connectivity index (χ4v) is 1.94. The van der Waals surface area contributed by atoms with Crippen LogP contribution in [0.25, 0.3) is 0 Å². The molecule has 0 heterocycles. The van der Waals surface area contributed by atoms with E-state index < -0.39 is 13.1 Å². The number of carbonyl (C=O) groups excluding carboxylic acids is 1. The highest BCUT2D eigenvalue weighted by Crippen LogP contribution is 1.83. The van der Waals surface area contributed by atoms with Gasteiger partial charge in [0, 0.05) is 55.3 Å². The van der Waals surface area contributed by atoms with E-state index in [9.17, 15) is 9.18 Å². The second-order valence-corrected chi connectivity index (χ2v) is 7.57. The molecule has 2 N–H and O–H groups in total. The second kappa shape index (κ2) is 65.4. The van der Waals surface area contributed by atoms with E-state index in [0.29, 0.717) is 118 Å². The number of esters is 1. The van der Waals surface area contributed by atoms with Crippen molar-refractivity contribution in [3.63, 3.8) is 0 Å². The quantitative estimate of drug-likeness (QED) is 0.0760. The average molecular weight is 694 g/mol. The van der Waals surface area contributed by atoms with Gasteiger partial charge in [0.2, 0.25) is 0 Å². The average Bonchev–Trinajstić information content (AvgIpc) is 3.03. The fraction of sp³-hybridized carbons (Fsp3) is 0.929. The Morgan fingerprint density at radius 2 is 0.756 bits per heavy atom. The zero-order chi connectivity index (χ0) is 36.4. The maximum atomic E-state index is 10.3. The van der Waals surface area contributed by atoms with Crippen molar-refractivity contribution in [1.29, 1.82) is 0 Å². The molecule has 278 valence electrons. The Morgan fingerprint density at radius 1 is 0.556 bits per heavy atom. The van der Waals surface area contributed by atoms with E-state index in [1.54, 1.807) is 28.4 Å². The Bertz CT molecular complexity index is 484. The van der Waals surface area contributed by atoms with Crippen LogP contribution in [0, 0.1) is 0 Å². The highest BCUT2D eigenvalue weighted by Gasteiger charge is 1.93. The number of halogens is 2. The maximum Gasteiger partial charge on any atom is 0.302 e. The molecule has 0 saturated heterocycles. The minimum absolute atomic E-state index is 0.287. The lowest BCUT2D eigenvalue weighted by Gasteiger charge is -2.05. The van der Waals surface area contributed by atoms with Gasteiger partial charge in [0.25, 0.3) is 5.97 Å². The predicted molar refractivity (Wildman–Crippen MR) is 168 cm³/mol. The van der Waals surface area contributed by atoms with Crippen LogP contribution in [0.5, 0.6) is 0 Å². The molecule has 0 spiro atoms. The summed E-state index contributed by atoms with van der Waals surface area (Å²) in [4.78, 5) is 19.3. The van der Waals surface area contributed by atoms with Crippen molar-refractivity contribution >= 4 is 23.5 Å². The first-order chi connectivity index (χ1) is 22.2. The van der Waals surface area contributed by atoms with Gasteiger partial charge in [-0.1, -0.05) is 0 Å². The molecule has 0 rings (SSSR count). The minimum atomic E-state index is -1.00. The molecule has 0 aromatic heterocycles. The van der Waals surface area contributed by atoms with Crippen LogP contribution in [0.4, 0.5) is 4.39 Å². The fourth-order valence-electron chi connectivity index (χ4n) is 1.83. The standard InChI is InChI=1S/C9H18O5.C8H18O4.C7H15ClO3.C2H4O2.CH3F.CH4O/c1-9(10)14-8-7-13-6-5-12-4-3-11-2;1-9-3-5-11-7-8-12-6-4-10-2;1-9-4-5-11-7-6-10-3-2-8;1-2(3)4;2*1-2/h3-8H2,1-2H3;3-8H2,1-2H3;2-7H2,1H3;1H3,(H,3,4);1H3;2H,1H3/i;;;;1D;. The SMILES string of the molecule is CC(=O)O.CO.COCCOCCOCCCl.COCCOCCOCCOC.COCCOCCOCCOC(C)=O.[2H]CF. The highest BCUT2D eigenvalue weighted by molar-refractivity contribution is 6.17. The van der Waals surface area contributed by atoms with Gasteiger partial charge in [0.05, 0.1) is 114 Å². The number of ether oxygens (including phenoxy) is 11. The van der Waals surface area contributed by atoms with Crippen LogP contribution in [0.1, 0.15) is 15.2 Å². The molecule has 0 atom stereocenters. The van der Waals surface area contributed by atoms with Crippen molar-refractivity contribution in [1.82, 2.24) is 0 Å². The first kappa shape index (κ1) is 53.2. The zero-order valence-electron chi connectivity index (χ0n) is 29.4. The Balaban J connectivity index is -0.000000116. The van der Waals surface area contributed by atoms with Crippen molar-refractivity contribution in [2.75, 3.05) is 161 Å². The van der Waals surface area contributed by atoms with Gasteiger partial charge in [-0.25, -0.2) is 0 Å². The summed E-state index contributed by atoms with van der Waals surface area (Å²) in [5.41, 5.74) is 0. The van der Waals surface area contributed by atoms with Gasteiger partial charge in [0.1, 0.15) is 6.61 Å². The molecule has 0 unspecified atom stereocenters.